The number of piperidine rings is 1. The molecule has 2 aliphatic rings. The average molecular weight is 457 g/mol. The Morgan fingerprint density at radius 1 is 0.938 bits per heavy atom. The van der Waals surface area contributed by atoms with Crippen LogP contribution in [0.25, 0.3) is 0 Å². The van der Waals surface area contributed by atoms with Crippen molar-refractivity contribution in [1.82, 2.24) is 9.21 Å². The molecule has 0 unspecified atom stereocenters. The third kappa shape index (κ3) is 5.39. The highest BCUT2D eigenvalue weighted by Gasteiger charge is 2.27. The highest BCUT2D eigenvalue weighted by atomic mass is 32.2. The lowest BCUT2D eigenvalue weighted by Gasteiger charge is -2.32. The van der Waals surface area contributed by atoms with Crippen LogP contribution in [0.2, 0.25) is 0 Å². The van der Waals surface area contributed by atoms with E-state index in [0.717, 1.165) is 38.8 Å². The van der Waals surface area contributed by atoms with Crippen LogP contribution in [-0.4, -0.2) is 62.9 Å². The maximum Gasteiger partial charge on any atom is 0.253 e. The summed E-state index contributed by atoms with van der Waals surface area (Å²) in [6.07, 6.45) is 4.26. The average Bonchev–Trinajstić information content (AvgIpc) is 2.84. The predicted octanol–water partition coefficient (Wildman–Crippen LogP) is 3.50. The number of aryl methyl sites for hydroxylation is 2. The third-order valence-corrected chi connectivity index (χ3v) is 8.49. The van der Waals surface area contributed by atoms with Crippen LogP contribution >= 0.6 is 0 Å². The fourth-order valence-electron chi connectivity index (χ4n) is 4.44. The first-order valence-electron chi connectivity index (χ1n) is 11.5. The molecule has 2 fully saturated rings. The maximum absolute atomic E-state index is 12.9. The second-order valence-corrected chi connectivity index (χ2v) is 10.7. The lowest BCUT2D eigenvalue weighted by atomic mass is 9.90. The van der Waals surface area contributed by atoms with E-state index < -0.39 is 10.0 Å². The Bertz CT molecular complexity index is 1000. The van der Waals surface area contributed by atoms with E-state index in [0.29, 0.717) is 37.8 Å². The number of morpholine rings is 1. The Balaban J connectivity index is 1.29. The summed E-state index contributed by atoms with van der Waals surface area (Å²) in [5.74, 6) is 0.624. The molecular weight excluding hydrogens is 424 g/mol. The molecule has 32 heavy (non-hydrogen) atoms. The minimum atomic E-state index is -3.54. The van der Waals surface area contributed by atoms with Gasteiger partial charge in [0.1, 0.15) is 0 Å². The van der Waals surface area contributed by atoms with Gasteiger partial charge in [-0.05, 0) is 68.4 Å². The van der Waals surface area contributed by atoms with E-state index in [-0.39, 0.29) is 10.8 Å². The summed E-state index contributed by atoms with van der Waals surface area (Å²) in [6.45, 7) is 5.17. The Morgan fingerprint density at radius 3 is 2.19 bits per heavy atom. The Labute approximate surface area is 191 Å². The second-order valence-electron chi connectivity index (χ2n) is 8.80. The second kappa shape index (κ2) is 10.1. The van der Waals surface area contributed by atoms with Gasteiger partial charge in [-0.2, -0.15) is 4.31 Å². The first-order valence-corrected chi connectivity index (χ1v) is 12.9. The Hall–Kier alpha value is -2.22. The van der Waals surface area contributed by atoms with Crippen molar-refractivity contribution >= 4 is 15.9 Å². The predicted molar refractivity (Wildman–Crippen MR) is 124 cm³/mol. The monoisotopic (exact) mass is 456 g/mol. The molecule has 6 nitrogen and oxygen atoms in total. The number of amides is 1. The summed E-state index contributed by atoms with van der Waals surface area (Å²) in [5, 5.41) is 0. The van der Waals surface area contributed by atoms with Crippen LogP contribution in [0.15, 0.2) is 53.4 Å². The standard InChI is InChI=1S/C25H32N2O4S/c1-20-2-4-21(5-3-20)6-7-22-12-14-26(15-13-22)25(28)23-8-10-24(11-9-23)32(29,30)27-16-18-31-19-17-27/h2-5,8-11,22H,6-7,12-19H2,1H3. The number of sulfonamides is 1. The Kier molecular flexibility index (Phi) is 7.28. The summed E-state index contributed by atoms with van der Waals surface area (Å²) >= 11 is 0. The molecule has 0 saturated carbocycles. The maximum atomic E-state index is 12.9. The van der Waals surface area contributed by atoms with Crippen molar-refractivity contribution in [3.05, 3.63) is 65.2 Å². The minimum absolute atomic E-state index is 0.0164. The van der Waals surface area contributed by atoms with Crippen LogP contribution in [0.1, 0.15) is 40.7 Å². The van der Waals surface area contributed by atoms with Gasteiger partial charge < -0.3 is 9.64 Å². The van der Waals surface area contributed by atoms with Gasteiger partial charge in [-0.15, -0.1) is 0 Å². The Morgan fingerprint density at radius 2 is 1.56 bits per heavy atom. The van der Waals surface area contributed by atoms with Crippen LogP contribution in [-0.2, 0) is 21.2 Å². The number of hydrogen-bond acceptors (Lipinski definition) is 4. The fourth-order valence-corrected chi connectivity index (χ4v) is 5.85. The molecular formula is C25H32N2O4S. The molecule has 0 N–H and O–H groups in total. The number of rotatable bonds is 6. The van der Waals surface area contributed by atoms with E-state index in [9.17, 15) is 13.2 Å². The molecule has 2 aliphatic heterocycles. The number of hydrogen-bond donors (Lipinski definition) is 0. The van der Waals surface area contributed by atoms with Gasteiger partial charge in [0.2, 0.25) is 10.0 Å². The van der Waals surface area contributed by atoms with E-state index in [4.69, 9.17) is 4.74 Å². The molecule has 2 heterocycles. The van der Waals surface area contributed by atoms with Crippen LogP contribution in [0.5, 0.6) is 0 Å². The molecule has 0 spiro atoms. The summed E-state index contributed by atoms with van der Waals surface area (Å²) in [5.41, 5.74) is 3.21. The number of carbonyl (C=O) groups is 1. The molecule has 0 atom stereocenters. The number of likely N-dealkylation sites (tertiary alicyclic amines) is 1. The van der Waals surface area contributed by atoms with E-state index in [1.165, 1.54) is 15.4 Å². The molecule has 172 valence electrons. The van der Waals surface area contributed by atoms with Crippen LogP contribution < -0.4 is 0 Å². The highest BCUT2D eigenvalue weighted by molar-refractivity contribution is 7.89. The zero-order chi connectivity index (χ0) is 22.6. The molecule has 0 aliphatic carbocycles. The number of nitrogens with zero attached hydrogens (tertiary/aromatic N) is 2. The highest BCUT2D eigenvalue weighted by Crippen LogP contribution is 2.24. The number of benzene rings is 2. The van der Waals surface area contributed by atoms with Gasteiger partial charge in [0.25, 0.3) is 5.91 Å². The molecule has 2 aromatic carbocycles. The van der Waals surface area contributed by atoms with E-state index in [1.54, 1.807) is 24.3 Å². The number of carbonyl (C=O) groups excluding carboxylic acids is 1. The van der Waals surface area contributed by atoms with Crippen molar-refractivity contribution in [1.29, 1.82) is 0 Å². The molecule has 2 aromatic rings. The quantitative estimate of drug-likeness (QED) is 0.667. The summed E-state index contributed by atoms with van der Waals surface area (Å²) in [4.78, 5) is 15.1. The lowest BCUT2D eigenvalue weighted by molar-refractivity contribution is 0.0687. The topological polar surface area (TPSA) is 66.9 Å². The van der Waals surface area contributed by atoms with Gasteiger partial charge >= 0.3 is 0 Å². The van der Waals surface area contributed by atoms with Crippen molar-refractivity contribution < 1.29 is 17.9 Å². The van der Waals surface area contributed by atoms with Gasteiger partial charge in [0.15, 0.2) is 0 Å². The van der Waals surface area contributed by atoms with E-state index >= 15 is 0 Å². The molecule has 0 radical (unpaired) electrons. The zero-order valence-electron chi connectivity index (χ0n) is 18.7. The van der Waals surface area contributed by atoms with Gasteiger partial charge in [-0.25, -0.2) is 8.42 Å². The van der Waals surface area contributed by atoms with Gasteiger partial charge in [-0.3, -0.25) is 4.79 Å². The van der Waals surface area contributed by atoms with Crippen molar-refractivity contribution in [3.63, 3.8) is 0 Å². The minimum Gasteiger partial charge on any atom is -0.379 e. The van der Waals surface area contributed by atoms with Crippen LogP contribution in [0.3, 0.4) is 0 Å². The molecule has 7 heteroatoms. The fraction of sp³-hybridized carbons (Fsp3) is 0.480. The first kappa shape index (κ1) is 23.0. The lowest BCUT2D eigenvalue weighted by Crippen LogP contribution is -2.40. The number of ether oxygens (including phenoxy) is 1. The summed E-state index contributed by atoms with van der Waals surface area (Å²) in [6, 6.07) is 15.1. The SMILES string of the molecule is Cc1ccc(CCC2CCN(C(=O)c3ccc(S(=O)(=O)N4CCOCC4)cc3)CC2)cc1. The van der Waals surface area contributed by atoms with Crippen LogP contribution in [0.4, 0.5) is 0 Å². The van der Waals surface area contributed by atoms with Crippen molar-refractivity contribution in [2.75, 3.05) is 39.4 Å². The molecule has 1 amide bonds. The van der Waals surface area contributed by atoms with E-state index in [1.807, 2.05) is 4.90 Å². The van der Waals surface area contributed by atoms with Gasteiger partial charge in [0, 0.05) is 31.7 Å². The molecule has 2 saturated heterocycles. The van der Waals surface area contributed by atoms with Crippen LogP contribution in [0, 0.1) is 12.8 Å². The van der Waals surface area contributed by atoms with Gasteiger partial charge in [0.05, 0.1) is 18.1 Å². The third-order valence-electron chi connectivity index (χ3n) is 6.57. The molecule has 0 aromatic heterocycles. The summed E-state index contributed by atoms with van der Waals surface area (Å²) in [7, 11) is -3.54. The first-order chi connectivity index (χ1) is 15.4. The molecule has 4 rings (SSSR count). The molecule has 0 bridgehead atoms. The normalized spacial score (nSPS) is 18.6. The largest absolute Gasteiger partial charge is 0.379 e. The van der Waals surface area contributed by atoms with Gasteiger partial charge in [-0.1, -0.05) is 29.8 Å². The van der Waals surface area contributed by atoms with Crippen molar-refractivity contribution in [2.24, 2.45) is 5.92 Å². The van der Waals surface area contributed by atoms with Crippen molar-refractivity contribution in [2.45, 2.75) is 37.5 Å². The smallest absolute Gasteiger partial charge is 0.253 e. The zero-order valence-corrected chi connectivity index (χ0v) is 19.5. The van der Waals surface area contributed by atoms with E-state index in [2.05, 4.69) is 31.2 Å². The summed E-state index contributed by atoms with van der Waals surface area (Å²) < 4.78 is 32.2. The van der Waals surface area contributed by atoms with Crippen molar-refractivity contribution in [3.8, 4) is 0 Å².